The summed E-state index contributed by atoms with van der Waals surface area (Å²) < 4.78 is 1.83. The minimum atomic E-state index is -0.0568. The molecule has 1 aliphatic carbocycles. The van der Waals surface area contributed by atoms with Crippen molar-refractivity contribution in [1.29, 1.82) is 0 Å². The fraction of sp³-hybridized carbons (Fsp3) is 0.333. The van der Waals surface area contributed by atoms with E-state index in [-0.39, 0.29) is 11.9 Å². The molecule has 1 aliphatic rings. The summed E-state index contributed by atoms with van der Waals surface area (Å²) >= 11 is 1.39. The first-order valence-corrected chi connectivity index (χ1v) is 9.38. The second kappa shape index (κ2) is 6.84. The molecule has 4 rings (SSSR count). The molecule has 7 heteroatoms. The third-order valence-electron chi connectivity index (χ3n) is 4.36. The van der Waals surface area contributed by atoms with Crippen molar-refractivity contribution in [2.45, 2.75) is 37.0 Å². The van der Waals surface area contributed by atoms with Crippen LogP contribution in [0.5, 0.6) is 0 Å². The third-order valence-corrected chi connectivity index (χ3v) is 5.29. The molecule has 1 aromatic heterocycles. The second-order valence-corrected chi connectivity index (χ2v) is 7.23. The summed E-state index contributed by atoms with van der Waals surface area (Å²) in [5, 5.41) is 17.9. The standard InChI is InChI=1S/C18H19N5OS/c1-12(15-8-4-6-13-5-2-3-7-16(13)15)19-17(24)11-25-18-20-21-22-23(18)14-9-10-14/h2-8,12,14H,9-11H2,1H3,(H,19,24)/t12-/m0/s1. The predicted octanol–water partition coefficient (Wildman–Crippen LogP) is 3.13. The van der Waals surface area contributed by atoms with Gasteiger partial charge in [-0.15, -0.1) is 5.10 Å². The summed E-state index contributed by atoms with van der Waals surface area (Å²) in [5.41, 5.74) is 1.12. The SMILES string of the molecule is C[C@H](NC(=O)CSc1nnnn1C1CC1)c1cccc2ccccc12. The molecule has 0 aliphatic heterocycles. The maximum Gasteiger partial charge on any atom is 0.230 e. The lowest BCUT2D eigenvalue weighted by Gasteiger charge is -2.16. The topological polar surface area (TPSA) is 72.7 Å². The van der Waals surface area contributed by atoms with Crippen LogP contribution >= 0.6 is 11.8 Å². The zero-order valence-electron chi connectivity index (χ0n) is 13.9. The van der Waals surface area contributed by atoms with Crippen LogP contribution in [0.2, 0.25) is 0 Å². The number of hydrogen-bond acceptors (Lipinski definition) is 5. The summed E-state index contributed by atoms with van der Waals surface area (Å²) in [5.74, 6) is 0.290. The zero-order chi connectivity index (χ0) is 17.2. The van der Waals surface area contributed by atoms with Crippen LogP contribution < -0.4 is 5.32 Å². The lowest BCUT2D eigenvalue weighted by molar-refractivity contribution is -0.119. The number of hydrogen-bond donors (Lipinski definition) is 1. The van der Waals surface area contributed by atoms with E-state index in [9.17, 15) is 4.79 Å². The Hall–Kier alpha value is -2.41. The Morgan fingerprint density at radius 1 is 1.28 bits per heavy atom. The van der Waals surface area contributed by atoms with Gasteiger partial charge < -0.3 is 5.32 Å². The molecular weight excluding hydrogens is 334 g/mol. The smallest absolute Gasteiger partial charge is 0.230 e. The Morgan fingerprint density at radius 3 is 2.92 bits per heavy atom. The molecule has 0 spiro atoms. The van der Waals surface area contributed by atoms with E-state index < -0.39 is 0 Å². The van der Waals surface area contributed by atoms with E-state index >= 15 is 0 Å². The number of nitrogens with one attached hydrogen (secondary N) is 1. The molecule has 1 heterocycles. The van der Waals surface area contributed by atoms with Crippen LogP contribution in [0, 0.1) is 0 Å². The summed E-state index contributed by atoms with van der Waals surface area (Å²) in [6, 6.07) is 14.7. The number of tetrazole rings is 1. The number of benzene rings is 2. The maximum absolute atomic E-state index is 12.3. The zero-order valence-corrected chi connectivity index (χ0v) is 14.7. The van der Waals surface area contributed by atoms with Crippen molar-refractivity contribution in [3.8, 4) is 0 Å². The summed E-state index contributed by atoms with van der Waals surface area (Å²) in [7, 11) is 0. The van der Waals surface area contributed by atoms with Gasteiger partial charge in [0.25, 0.3) is 0 Å². The fourth-order valence-electron chi connectivity index (χ4n) is 2.95. The first kappa shape index (κ1) is 16.1. The lowest BCUT2D eigenvalue weighted by atomic mass is 10.00. The number of aromatic nitrogens is 4. The van der Waals surface area contributed by atoms with Gasteiger partial charge in [0.05, 0.1) is 17.8 Å². The van der Waals surface area contributed by atoms with E-state index in [1.165, 1.54) is 22.5 Å². The molecule has 1 saturated carbocycles. The molecule has 1 atom stereocenters. The van der Waals surface area contributed by atoms with Gasteiger partial charge in [0.2, 0.25) is 11.1 Å². The Labute approximate surface area is 150 Å². The molecule has 0 unspecified atom stereocenters. The van der Waals surface area contributed by atoms with E-state index in [2.05, 4.69) is 45.1 Å². The molecule has 1 amide bonds. The summed E-state index contributed by atoms with van der Waals surface area (Å²) in [4.78, 5) is 12.3. The first-order valence-electron chi connectivity index (χ1n) is 8.40. The van der Waals surface area contributed by atoms with Crippen LogP contribution in [0.15, 0.2) is 47.6 Å². The Morgan fingerprint density at radius 2 is 2.08 bits per heavy atom. The third kappa shape index (κ3) is 3.51. The Kier molecular flexibility index (Phi) is 4.40. The van der Waals surface area contributed by atoms with Gasteiger partial charge >= 0.3 is 0 Å². The van der Waals surface area contributed by atoms with Crippen molar-refractivity contribution in [2.75, 3.05) is 5.75 Å². The van der Waals surface area contributed by atoms with Gasteiger partial charge in [-0.05, 0) is 46.5 Å². The highest BCUT2D eigenvalue weighted by molar-refractivity contribution is 7.99. The van der Waals surface area contributed by atoms with Crippen LogP contribution in [-0.2, 0) is 4.79 Å². The van der Waals surface area contributed by atoms with Gasteiger partial charge in [0, 0.05) is 0 Å². The number of fused-ring (bicyclic) bond motifs is 1. The molecule has 1 fully saturated rings. The van der Waals surface area contributed by atoms with Gasteiger partial charge in [0.1, 0.15) is 0 Å². The molecule has 2 aromatic carbocycles. The van der Waals surface area contributed by atoms with Crippen molar-refractivity contribution in [3.05, 3.63) is 48.0 Å². The molecule has 0 bridgehead atoms. The average molecular weight is 353 g/mol. The van der Waals surface area contributed by atoms with Gasteiger partial charge in [0.15, 0.2) is 0 Å². The normalized spacial score (nSPS) is 15.2. The second-order valence-electron chi connectivity index (χ2n) is 6.28. The Balaban J connectivity index is 1.40. The number of amides is 1. The van der Waals surface area contributed by atoms with Gasteiger partial charge in [-0.3, -0.25) is 4.79 Å². The quantitative estimate of drug-likeness (QED) is 0.689. The molecule has 3 aromatic rings. The number of carbonyl (C=O) groups excluding carboxylic acids is 1. The Bertz CT molecular complexity index is 900. The molecule has 1 N–H and O–H groups in total. The maximum atomic E-state index is 12.3. The highest BCUT2D eigenvalue weighted by Crippen LogP contribution is 2.36. The van der Waals surface area contributed by atoms with Gasteiger partial charge in [-0.1, -0.05) is 54.2 Å². The van der Waals surface area contributed by atoms with E-state index in [1.54, 1.807) is 0 Å². The summed E-state index contributed by atoms with van der Waals surface area (Å²) in [6.45, 7) is 2.01. The lowest BCUT2D eigenvalue weighted by Crippen LogP contribution is -2.28. The number of nitrogens with zero attached hydrogens (tertiary/aromatic N) is 4. The van der Waals surface area contributed by atoms with Crippen molar-refractivity contribution in [3.63, 3.8) is 0 Å². The van der Waals surface area contributed by atoms with Gasteiger partial charge in [-0.25, -0.2) is 4.68 Å². The average Bonchev–Trinajstić information content (AvgIpc) is 3.37. The number of carbonyl (C=O) groups is 1. The van der Waals surface area contributed by atoms with Gasteiger partial charge in [-0.2, -0.15) is 0 Å². The monoisotopic (exact) mass is 353 g/mol. The van der Waals surface area contributed by atoms with E-state index in [1.807, 2.05) is 29.8 Å². The van der Waals surface area contributed by atoms with Crippen LogP contribution in [0.4, 0.5) is 0 Å². The van der Waals surface area contributed by atoms with E-state index in [4.69, 9.17) is 0 Å². The van der Waals surface area contributed by atoms with Crippen molar-refractivity contribution in [2.24, 2.45) is 0 Å². The van der Waals surface area contributed by atoms with E-state index in [0.29, 0.717) is 11.8 Å². The highest BCUT2D eigenvalue weighted by Gasteiger charge is 2.28. The minimum absolute atomic E-state index is 0.0178. The highest BCUT2D eigenvalue weighted by atomic mass is 32.2. The number of rotatable bonds is 6. The predicted molar refractivity (Wildman–Crippen MR) is 97.3 cm³/mol. The van der Waals surface area contributed by atoms with Crippen LogP contribution in [0.1, 0.15) is 37.4 Å². The van der Waals surface area contributed by atoms with Crippen molar-refractivity contribution < 1.29 is 4.79 Å². The summed E-state index contributed by atoms with van der Waals surface area (Å²) in [6.07, 6.45) is 2.23. The fourth-order valence-corrected chi connectivity index (χ4v) is 3.70. The van der Waals surface area contributed by atoms with E-state index in [0.717, 1.165) is 23.6 Å². The van der Waals surface area contributed by atoms with Crippen molar-refractivity contribution >= 4 is 28.4 Å². The molecule has 0 saturated heterocycles. The minimum Gasteiger partial charge on any atom is -0.349 e. The molecular formula is C18H19N5OS. The number of thioether (sulfide) groups is 1. The largest absolute Gasteiger partial charge is 0.349 e. The molecule has 128 valence electrons. The van der Waals surface area contributed by atoms with Crippen LogP contribution in [0.3, 0.4) is 0 Å². The van der Waals surface area contributed by atoms with Crippen LogP contribution in [-0.4, -0.2) is 31.9 Å². The molecule has 25 heavy (non-hydrogen) atoms. The molecule has 0 radical (unpaired) electrons. The van der Waals surface area contributed by atoms with Crippen molar-refractivity contribution in [1.82, 2.24) is 25.5 Å². The molecule has 6 nitrogen and oxygen atoms in total. The first-order chi connectivity index (χ1) is 12.2. The van der Waals surface area contributed by atoms with Crippen LogP contribution in [0.25, 0.3) is 10.8 Å².